The molecule has 0 bridgehead atoms. The van der Waals surface area contributed by atoms with E-state index in [2.05, 4.69) is 31.9 Å². The second-order valence-corrected chi connectivity index (χ2v) is 16.0. The molecule has 1 aromatic heterocycles. The van der Waals surface area contributed by atoms with Gasteiger partial charge < -0.3 is 9.84 Å². The molecule has 0 spiro atoms. The number of benzene rings is 2. The molecule has 2 aliphatic carbocycles. The lowest BCUT2D eigenvalue weighted by atomic mass is 9.56. The standard InChI is InChI=1S/C32H19Br2Cl2F5N2O6S/c1-49-15-7-13(18(33)19(34)26(15)44)17-11-4-5-12-16(28(46)42(27(12)45)9-10-3-2-6-50-10)14(11)8-31(35)29(47)43(30(48)32(17,31)36)25-23(40)21(38)20(37)22(39)24(25)41/h2-4,6-7,12,14,16-17,44H,5,8-9H2,1H3. The molecular formula is C32H19Br2Cl2F5N2O6S. The predicted octanol–water partition coefficient (Wildman–Crippen LogP) is 7.45. The maximum Gasteiger partial charge on any atom is 0.258 e. The number of likely N-dealkylation sites (tertiary alicyclic amines) is 1. The number of phenolic OH excluding ortho intramolecular Hbond substituents is 1. The van der Waals surface area contributed by atoms with Crippen LogP contribution in [0.1, 0.15) is 29.2 Å². The Labute approximate surface area is 310 Å². The van der Waals surface area contributed by atoms with Crippen molar-refractivity contribution in [2.75, 3.05) is 12.0 Å². The first-order valence-electron chi connectivity index (χ1n) is 14.6. The first-order valence-corrected chi connectivity index (χ1v) is 17.9. The molecule has 4 aliphatic rings. The monoisotopic (exact) mass is 882 g/mol. The molecule has 0 radical (unpaired) electrons. The molecule has 3 fully saturated rings. The van der Waals surface area contributed by atoms with Gasteiger partial charge in [0.2, 0.25) is 17.6 Å². The molecule has 2 aromatic carbocycles. The largest absolute Gasteiger partial charge is 0.503 e. The van der Waals surface area contributed by atoms with Crippen molar-refractivity contribution in [3.8, 4) is 11.5 Å². The van der Waals surface area contributed by atoms with Crippen LogP contribution in [0, 0.1) is 46.8 Å². The molecule has 1 N–H and O–H groups in total. The highest BCUT2D eigenvalue weighted by atomic mass is 79.9. The number of carbonyl (C=O) groups is 4. The van der Waals surface area contributed by atoms with E-state index in [0.29, 0.717) is 4.88 Å². The lowest BCUT2D eigenvalue weighted by molar-refractivity contribution is -0.141. The second-order valence-electron chi connectivity index (χ2n) is 12.2. The Morgan fingerprint density at radius 2 is 1.60 bits per heavy atom. The minimum Gasteiger partial charge on any atom is -0.503 e. The number of halogens is 9. The summed E-state index contributed by atoms with van der Waals surface area (Å²) in [4.78, 5) is 52.7. The number of nitrogens with zero attached hydrogens (tertiary/aromatic N) is 2. The van der Waals surface area contributed by atoms with Gasteiger partial charge in [-0.1, -0.05) is 17.7 Å². The number of thiophene rings is 1. The number of hydrogen-bond acceptors (Lipinski definition) is 7. The van der Waals surface area contributed by atoms with Gasteiger partial charge in [0.25, 0.3) is 11.8 Å². The molecule has 7 rings (SSSR count). The van der Waals surface area contributed by atoms with Gasteiger partial charge in [0.15, 0.2) is 44.5 Å². The van der Waals surface area contributed by atoms with Gasteiger partial charge in [-0.3, -0.25) is 24.1 Å². The minimum absolute atomic E-state index is 0.00802. The summed E-state index contributed by atoms with van der Waals surface area (Å²) in [5.74, 6) is -21.9. The average Bonchev–Trinajstić information content (AvgIpc) is 3.74. The maximum atomic E-state index is 15.3. The number of amides is 4. The average molecular weight is 885 g/mol. The van der Waals surface area contributed by atoms with Gasteiger partial charge >= 0.3 is 0 Å². The number of allylic oxidation sites excluding steroid dienone is 2. The van der Waals surface area contributed by atoms with Crippen LogP contribution >= 0.6 is 66.4 Å². The Bertz CT molecular complexity index is 2080. The van der Waals surface area contributed by atoms with E-state index in [-0.39, 0.29) is 43.7 Å². The van der Waals surface area contributed by atoms with Crippen molar-refractivity contribution in [3.05, 3.63) is 83.7 Å². The Hall–Kier alpha value is -3.05. The lowest BCUT2D eigenvalue weighted by Crippen LogP contribution is -2.60. The summed E-state index contributed by atoms with van der Waals surface area (Å²) < 4.78 is 78.9. The van der Waals surface area contributed by atoms with Gasteiger partial charge in [-0.05, 0) is 73.7 Å². The zero-order valence-corrected chi connectivity index (χ0v) is 30.5. The molecule has 3 aromatic rings. The fraction of sp³-hybridized carbons (Fsp3) is 0.312. The van der Waals surface area contributed by atoms with Gasteiger partial charge in [-0.15, -0.1) is 34.5 Å². The van der Waals surface area contributed by atoms with Crippen LogP contribution in [-0.4, -0.2) is 50.5 Å². The summed E-state index contributed by atoms with van der Waals surface area (Å²) in [7, 11) is 1.22. The Kier molecular flexibility index (Phi) is 8.49. The van der Waals surface area contributed by atoms with Gasteiger partial charge in [-0.2, -0.15) is 0 Å². The fourth-order valence-electron chi connectivity index (χ4n) is 7.67. The number of ether oxygens (including phenoxy) is 1. The number of fused-ring (bicyclic) bond motifs is 4. The number of carbonyl (C=O) groups excluding carboxylic acids is 4. The van der Waals surface area contributed by atoms with E-state index in [0.717, 1.165) is 4.90 Å². The highest BCUT2D eigenvalue weighted by Crippen LogP contribution is 2.67. The van der Waals surface area contributed by atoms with E-state index >= 15 is 8.78 Å². The summed E-state index contributed by atoms with van der Waals surface area (Å²) in [6.45, 7) is -0.0294. The number of imide groups is 2. The molecule has 6 unspecified atom stereocenters. The third kappa shape index (κ3) is 4.50. The first-order chi connectivity index (χ1) is 23.5. The minimum atomic E-state index is -2.74. The first kappa shape index (κ1) is 35.4. The van der Waals surface area contributed by atoms with E-state index < -0.39 is 104 Å². The van der Waals surface area contributed by atoms with Crippen molar-refractivity contribution in [2.45, 2.75) is 35.1 Å². The molecular weight excluding hydrogens is 866 g/mol. The molecule has 2 aliphatic heterocycles. The fourth-order valence-corrected chi connectivity index (χ4v) is 10.2. The smallest absolute Gasteiger partial charge is 0.258 e. The van der Waals surface area contributed by atoms with Crippen molar-refractivity contribution in [1.29, 1.82) is 0 Å². The van der Waals surface area contributed by atoms with Gasteiger partial charge in [-0.25, -0.2) is 26.9 Å². The van der Waals surface area contributed by atoms with Crippen molar-refractivity contribution >= 4 is 95.7 Å². The van der Waals surface area contributed by atoms with Crippen molar-refractivity contribution in [2.24, 2.45) is 17.8 Å². The summed E-state index contributed by atoms with van der Waals surface area (Å²) in [6, 6.07) is 4.75. The molecule has 262 valence electrons. The quantitative estimate of drug-likeness (QED) is 0.0714. The molecule has 3 heterocycles. The van der Waals surface area contributed by atoms with E-state index in [1.54, 1.807) is 23.6 Å². The number of hydrogen-bond donors (Lipinski definition) is 1. The highest BCUT2D eigenvalue weighted by Gasteiger charge is 2.77. The van der Waals surface area contributed by atoms with Gasteiger partial charge in [0.05, 0.1) is 30.0 Å². The summed E-state index contributed by atoms with van der Waals surface area (Å²) in [5, 5.41) is 12.5. The molecule has 50 heavy (non-hydrogen) atoms. The number of methoxy groups -OCH3 is 1. The SMILES string of the molecule is COc1cc(C2C3=CCC4C(=O)N(Cc5cccs5)C(=O)C4C3CC3(Cl)C(=O)N(c4c(F)c(F)c(F)c(F)c4F)C(=O)C23Cl)c(Br)c(Br)c1O. The molecule has 4 amide bonds. The van der Waals surface area contributed by atoms with Crippen LogP contribution in [0.2, 0.25) is 0 Å². The summed E-state index contributed by atoms with van der Waals surface area (Å²) in [6.07, 6.45) is 0.922. The zero-order valence-electron chi connectivity index (χ0n) is 25.0. The van der Waals surface area contributed by atoms with Crippen molar-refractivity contribution in [3.63, 3.8) is 0 Å². The van der Waals surface area contributed by atoms with Gasteiger partial charge in [0.1, 0.15) is 5.69 Å². The second kappa shape index (κ2) is 12.0. The number of alkyl halides is 2. The third-order valence-corrected chi connectivity index (χ3v) is 14.3. The van der Waals surface area contributed by atoms with Crippen LogP contribution in [0.5, 0.6) is 11.5 Å². The van der Waals surface area contributed by atoms with Crippen LogP contribution < -0.4 is 9.64 Å². The number of anilines is 1. The Balaban J connectivity index is 1.46. The summed E-state index contributed by atoms with van der Waals surface area (Å²) >= 11 is 22.3. The number of aromatic hydroxyl groups is 1. The normalized spacial score (nSPS) is 29.0. The van der Waals surface area contributed by atoms with Crippen LogP contribution in [-0.2, 0) is 25.7 Å². The Morgan fingerprint density at radius 1 is 0.960 bits per heavy atom. The van der Waals surface area contributed by atoms with Crippen molar-refractivity contribution < 1.29 is 51.0 Å². The topological polar surface area (TPSA) is 104 Å². The predicted molar refractivity (Wildman–Crippen MR) is 176 cm³/mol. The van der Waals surface area contributed by atoms with E-state index in [4.69, 9.17) is 27.9 Å². The van der Waals surface area contributed by atoms with Gasteiger partial charge in [0, 0.05) is 15.3 Å². The van der Waals surface area contributed by atoms with Crippen molar-refractivity contribution in [1.82, 2.24) is 4.90 Å². The third-order valence-electron chi connectivity index (χ3n) is 9.91. The van der Waals surface area contributed by atoms with E-state index in [1.807, 2.05) is 0 Å². The zero-order chi connectivity index (χ0) is 36.4. The van der Waals surface area contributed by atoms with Crippen LogP contribution in [0.15, 0.2) is 44.2 Å². The molecule has 1 saturated carbocycles. The molecule has 8 nitrogen and oxygen atoms in total. The summed E-state index contributed by atoms with van der Waals surface area (Å²) in [5.41, 5.74) is -1.59. The molecule has 6 atom stereocenters. The molecule has 18 heteroatoms. The van der Waals surface area contributed by atoms with Crippen LogP contribution in [0.4, 0.5) is 27.6 Å². The highest BCUT2D eigenvalue weighted by molar-refractivity contribution is 9.13. The lowest BCUT2D eigenvalue weighted by Gasteiger charge is -2.51. The van der Waals surface area contributed by atoms with E-state index in [9.17, 15) is 37.5 Å². The molecule has 2 saturated heterocycles. The van der Waals surface area contributed by atoms with Crippen LogP contribution in [0.25, 0.3) is 0 Å². The Morgan fingerprint density at radius 3 is 2.20 bits per heavy atom. The maximum absolute atomic E-state index is 15.3. The number of rotatable bonds is 5. The number of phenols is 1. The van der Waals surface area contributed by atoms with Crippen LogP contribution in [0.3, 0.4) is 0 Å². The van der Waals surface area contributed by atoms with E-state index in [1.165, 1.54) is 24.5 Å².